The van der Waals surface area contributed by atoms with E-state index in [1.54, 1.807) is 41.5 Å². The van der Waals surface area contributed by atoms with E-state index in [2.05, 4.69) is 0 Å². The first-order chi connectivity index (χ1) is 9.02. The van der Waals surface area contributed by atoms with Crippen LogP contribution in [0, 0.1) is 5.92 Å². The molecular weight excluding hydrogens is 262 g/mol. The Labute approximate surface area is 121 Å². The van der Waals surface area contributed by atoms with Crippen molar-refractivity contribution in [3.05, 3.63) is 0 Å². The molecule has 0 radical (unpaired) electrons. The van der Waals surface area contributed by atoms with Crippen molar-refractivity contribution < 1.29 is 24.2 Å². The maximum absolute atomic E-state index is 12.3. The van der Waals surface area contributed by atoms with Gasteiger partial charge in [0.25, 0.3) is 0 Å². The van der Waals surface area contributed by atoms with E-state index in [-0.39, 0.29) is 19.1 Å². The minimum atomic E-state index is -1.44. The fraction of sp³-hybridized carbons (Fsp3) is 0.857. The lowest BCUT2D eigenvalue weighted by molar-refractivity contribution is -0.159. The molecule has 0 aromatic rings. The highest BCUT2D eigenvalue weighted by molar-refractivity contribution is 5.85. The molecule has 0 rings (SSSR count). The maximum Gasteiger partial charge on any atom is 0.411 e. The molecule has 0 saturated carbocycles. The molecule has 6 heteroatoms. The van der Waals surface area contributed by atoms with Gasteiger partial charge in [-0.15, -0.1) is 0 Å². The van der Waals surface area contributed by atoms with Gasteiger partial charge in [-0.2, -0.15) is 0 Å². The monoisotopic (exact) mass is 289 g/mol. The summed E-state index contributed by atoms with van der Waals surface area (Å²) in [6.45, 7) is 10.6. The summed E-state index contributed by atoms with van der Waals surface area (Å²) in [6, 6.07) is 0. The fourth-order valence-corrected chi connectivity index (χ4v) is 2.09. The average molecular weight is 289 g/mol. The van der Waals surface area contributed by atoms with Crippen molar-refractivity contribution in [2.24, 2.45) is 5.92 Å². The number of carbonyl (C=O) groups is 2. The molecule has 0 aliphatic rings. The Morgan fingerprint density at radius 3 is 2.00 bits per heavy atom. The van der Waals surface area contributed by atoms with Crippen LogP contribution in [0.3, 0.4) is 0 Å². The molecule has 0 fully saturated rings. The Kier molecular flexibility index (Phi) is 6.47. The Bertz CT molecular complexity index is 348. The lowest BCUT2D eigenvalue weighted by Gasteiger charge is -2.42. The molecule has 1 atom stereocenters. The number of hydrogen-bond acceptors (Lipinski definition) is 4. The molecule has 6 nitrogen and oxygen atoms in total. The molecular formula is C14H27NO5. The van der Waals surface area contributed by atoms with Crippen molar-refractivity contribution in [1.29, 1.82) is 0 Å². The van der Waals surface area contributed by atoms with E-state index in [1.807, 2.05) is 0 Å². The van der Waals surface area contributed by atoms with Gasteiger partial charge in [0.2, 0.25) is 0 Å². The standard InChI is InChI=1S/C14H27NO5/c1-8-15(12(18)20-13(4,5)6)14(9-19-7,10(2)3)11(16)17/h10H,8-9H2,1-7H3,(H,16,17). The van der Waals surface area contributed by atoms with Gasteiger partial charge in [-0.25, -0.2) is 9.59 Å². The number of aliphatic carboxylic acids is 1. The van der Waals surface area contributed by atoms with Crippen LogP contribution in [0.4, 0.5) is 4.79 Å². The van der Waals surface area contributed by atoms with Crippen LogP contribution in [0.1, 0.15) is 41.5 Å². The summed E-state index contributed by atoms with van der Waals surface area (Å²) in [7, 11) is 1.42. The summed E-state index contributed by atoms with van der Waals surface area (Å²) in [5, 5.41) is 9.64. The van der Waals surface area contributed by atoms with Crippen molar-refractivity contribution in [1.82, 2.24) is 4.90 Å². The van der Waals surface area contributed by atoms with Gasteiger partial charge in [0.1, 0.15) is 5.60 Å². The number of methoxy groups -OCH3 is 1. The first-order valence-electron chi connectivity index (χ1n) is 6.75. The van der Waals surface area contributed by atoms with Crippen molar-refractivity contribution in [3.8, 4) is 0 Å². The molecule has 20 heavy (non-hydrogen) atoms. The molecule has 0 aliphatic carbocycles. The highest BCUT2D eigenvalue weighted by atomic mass is 16.6. The van der Waals surface area contributed by atoms with Crippen LogP contribution in [0.2, 0.25) is 0 Å². The Morgan fingerprint density at radius 1 is 1.25 bits per heavy atom. The molecule has 0 saturated heterocycles. The average Bonchev–Trinajstić information content (AvgIpc) is 2.25. The first-order valence-corrected chi connectivity index (χ1v) is 6.75. The molecule has 0 aliphatic heterocycles. The van der Waals surface area contributed by atoms with E-state index in [0.717, 1.165) is 0 Å². The number of rotatable bonds is 6. The van der Waals surface area contributed by atoms with Gasteiger partial charge in [-0.05, 0) is 33.6 Å². The van der Waals surface area contributed by atoms with Crippen LogP contribution in [-0.2, 0) is 14.3 Å². The summed E-state index contributed by atoms with van der Waals surface area (Å²) >= 11 is 0. The molecule has 0 aromatic heterocycles. The number of ether oxygens (including phenoxy) is 2. The highest BCUT2D eigenvalue weighted by Crippen LogP contribution is 2.28. The highest BCUT2D eigenvalue weighted by Gasteiger charge is 2.50. The SMILES string of the molecule is CCN(C(=O)OC(C)(C)C)C(COC)(C(=O)O)C(C)C. The van der Waals surface area contributed by atoms with Crippen molar-refractivity contribution in [2.45, 2.75) is 52.7 Å². The second-order valence-corrected chi connectivity index (χ2v) is 6.04. The largest absolute Gasteiger partial charge is 0.479 e. The number of carboxylic acids is 1. The maximum atomic E-state index is 12.3. The lowest BCUT2D eigenvalue weighted by atomic mass is 9.85. The summed E-state index contributed by atoms with van der Waals surface area (Å²) in [4.78, 5) is 25.3. The molecule has 0 heterocycles. The summed E-state index contributed by atoms with van der Waals surface area (Å²) in [5.41, 5.74) is -2.12. The van der Waals surface area contributed by atoms with Crippen molar-refractivity contribution in [2.75, 3.05) is 20.3 Å². The van der Waals surface area contributed by atoms with Gasteiger partial charge in [0.15, 0.2) is 5.54 Å². The van der Waals surface area contributed by atoms with E-state index in [4.69, 9.17) is 9.47 Å². The predicted octanol–water partition coefficient (Wildman–Crippen LogP) is 2.37. The van der Waals surface area contributed by atoms with Gasteiger partial charge in [0.05, 0.1) is 6.61 Å². The zero-order valence-corrected chi connectivity index (χ0v) is 13.5. The van der Waals surface area contributed by atoms with Crippen LogP contribution >= 0.6 is 0 Å². The third kappa shape index (κ3) is 4.10. The number of carbonyl (C=O) groups excluding carboxylic acids is 1. The van der Waals surface area contributed by atoms with E-state index >= 15 is 0 Å². The van der Waals surface area contributed by atoms with Crippen LogP contribution in [0.5, 0.6) is 0 Å². The van der Waals surface area contributed by atoms with Crippen LogP contribution in [0.25, 0.3) is 0 Å². The van der Waals surface area contributed by atoms with E-state index in [9.17, 15) is 14.7 Å². The third-order valence-electron chi connectivity index (χ3n) is 3.10. The third-order valence-corrected chi connectivity index (χ3v) is 3.10. The zero-order chi connectivity index (χ0) is 16.1. The second kappa shape index (κ2) is 6.92. The van der Waals surface area contributed by atoms with E-state index in [1.165, 1.54) is 12.0 Å². The predicted molar refractivity (Wildman–Crippen MR) is 75.7 cm³/mol. The number of carboxylic acid groups (broad SMARTS) is 1. The zero-order valence-electron chi connectivity index (χ0n) is 13.5. The minimum absolute atomic E-state index is 0.0902. The summed E-state index contributed by atoms with van der Waals surface area (Å²) in [6.07, 6.45) is -0.645. The summed E-state index contributed by atoms with van der Waals surface area (Å²) in [5.74, 6) is -1.42. The Morgan fingerprint density at radius 2 is 1.75 bits per heavy atom. The summed E-state index contributed by atoms with van der Waals surface area (Å²) < 4.78 is 10.4. The van der Waals surface area contributed by atoms with Gasteiger partial charge in [0, 0.05) is 13.7 Å². The second-order valence-electron chi connectivity index (χ2n) is 6.04. The first kappa shape index (κ1) is 18.7. The van der Waals surface area contributed by atoms with Crippen molar-refractivity contribution in [3.63, 3.8) is 0 Å². The van der Waals surface area contributed by atoms with Crippen LogP contribution < -0.4 is 0 Å². The quantitative estimate of drug-likeness (QED) is 0.812. The smallest absolute Gasteiger partial charge is 0.411 e. The number of likely N-dealkylation sites (N-methyl/N-ethyl adjacent to an activating group) is 1. The lowest BCUT2D eigenvalue weighted by Crippen LogP contribution is -2.63. The van der Waals surface area contributed by atoms with Gasteiger partial charge < -0.3 is 14.6 Å². The van der Waals surface area contributed by atoms with Crippen LogP contribution in [-0.4, -0.2) is 53.5 Å². The van der Waals surface area contributed by atoms with E-state index < -0.39 is 23.2 Å². The van der Waals surface area contributed by atoms with Gasteiger partial charge in [-0.1, -0.05) is 13.8 Å². The van der Waals surface area contributed by atoms with Gasteiger partial charge in [-0.3, -0.25) is 4.90 Å². The fourth-order valence-electron chi connectivity index (χ4n) is 2.09. The molecule has 118 valence electrons. The number of nitrogens with zero attached hydrogens (tertiary/aromatic N) is 1. The van der Waals surface area contributed by atoms with E-state index in [0.29, 0.717) is 0 Å². The normalized spacial score (nSPS) is 14.8. The molecule has 0 bridgehead atoms. The number of amides is 1. The molecule has 1 amide bonds. The number of hydrogen-bond donors (Lipinski definition) is 1. The molecule has 1 N–H and O–H groups in total. The van der Waals surface area contributed by atoms with Crippen LogP contribution in [0.15, 0.2) is 0 Å². The minimum Gasteiger partial charge on any atom is -0.479 e. The van der Waals surface area contributed by atoms with Crippen molar-refractivity contribution >= 4 is 12.1 Å². The Balaban J connectivity index is 5.60. The van der Waals surface area contributed by atoms with Gasteiger partial charge >= 0.3 is 12.1 Å². The molecule has 1 unspecified atom stereocenters. The topological polar surface area (TPSA) is 76.1 Å². The Hall–Kier alpha value is -1.30. The molecule has 0 spiro atoms. The molecule has 0 aromatic carbocycles.